The Hall–Kier alpha value is -0.0800. The van der Waals surface area contributed by atoms with Crippen LogP contribution in [0.15, 0.2) is 6.33 Å². The number of tetrazole rings is 1. The molecule has 0 saturated heterocycles. The second kappa shape index (κ2) is 3.55. The SMILES string of the molecule is NSP(=O)(SN)n1cnnn1. The number of nitrogens with zero attached hydrogens (tertiary/aromatic N) is 4. The Bertz CT molecular complexity index is 252. The summed E-state index contributed by atoms with van der Waals surface area (Å²) in [5, 5.41) is 20.3. The van der Waals surface area contributed by atoms with Crippen molar-refractivity contribution in [3.63, 3.8) is 0 Å². The quantitative estimate of drug-likeness (QED) is 0.525. The first kappa shape index (κ1) is 9.01. The number of hydrogen-bond acceptors (Lipinski definition) is 8. The molecule has 11 heavy (non-hydrogen) atoms. The maximum Gasteiger partial charge on any atom is 0.330 e. The second-order valence-electron chi connectivity index (χ2n) is 1.41. The normalized spacial score (nSPS) is 11.8. The Balaban J connectivity index is 2.97. The lowest BCUT2D eigenvalue weighted by molar-refractivity contribution is 0.583. The number of rotatable bonds is 3. The first-order valence-electron chi connectivity index (χ1n) is 2.34. The molecular weight excluding hydrogens is 207 g/mol. The van der Waals surface area contributed by atoms with Crippen LogP contribution in [0.1, 0.15) is 0 Å². The van der Waals surface area contributed by atoms with Crippen molar-refractivity contribution in [3.05, 3.63) is 6.33 Å². The van der Waals surface area contributed by atoms with Crippen molar-refractivity contribution < 1.29 is 4.57 Å². The Labute approximate surface area is 70.5 Å². The van der Waals surface area contributed by atoms with Gasteiger partial charge in [-0.3, -0.25) is 14.8 Å². The summed E-state index contributed by atoms with van der Waals surface area (Å²) in [7, 11) is 0. The maximum atomic E-state index is 11.5. The van der Waals surface area contributed by atoms with E-state index in [1.807, 2.05) is 0 Å². The van der Waals surface area contributed by atoms with Crippen molar-refractivity contribution in [2.45, 2.75) is 0 Å². The highest BCUT2D eigenvalue weighted by Gasteiger charge is 2.24. The lowest BCUT2D eigenvalue weighted by Gasteiger charge is -2.07. The van der Waals surface area contributed by atoms with Gasteiger partial charge in [0.1, 0.15) is 6.33 Å². The zero-order valence-corrected chi connectivity index (χ0v) is 7.72. The minimum absolute atomic E-state index is 0.644. The average Bonchev–Trinajstić information content (AvgIpc) is 2.55. The predicted octanol–water partition coefficient (Wildman–Crippen LogP) is -0.157. The van der Waals surface area contributed by atoms with Crippen LogP contribution in [0.3, 0.4) is 0 Å². The van der Waals surface area contributed by atoms with E-state index in [0.29, 0.717) is 23.1 Å². The van der Waals surface area contributed by atoms with E-state index in [4.69, 9.17) is 10.3 Å². The average molecular weight is 212 g/mol. The van der Waals surface area contributed by atoms with Gasteiger partial charge >= 0.3 is 5.70 Å². The van der Waals surface area contributed by atoms with Crippen LogP contribution in [0.2, 0.25) is 0 Å². The van der Waals surface area contributed by atoms with Crippen LogP contribution in [0.25, 0.3) is 0 Å². The molecule has 0 bridgehead atoms. The minimum atomic E-state index is -2.92. The van der Waals surface area contributed by atoms with Crippen LogP contribution in [0, 0.1) is 0 Å². The molecule has 1 aromatic rings. The van der Waals surface area contributed by atoms with Gasteiger partial charge in [-0.15, -0.1) is 5.10 Å². The van der Waals surface area contributed by atoms with Crippen molar-refractivity contribution in [3.8, 4) is 0 Å². The van der Waals surface area contributed by atoms with Crippen molar-refractivity contribution in [2.75, 3.05) is 0 Å². The van der Waals surface area contributed by atoms with Crippen molar-refractivity contribution >= 4 is 28.8 Å². The molecule has 1 aromatic heterocycles. The summed E-state index contributed by atoms with van der Waals surface area (Å²) in [6, 6.07) is 0. The molecule has 0 unspecified atom stereocenters. The molecule has 4 N–H and O–H groups in total. The topological polar surface area (TPSA) is 113 Å². The van der Waals surface area contributed by atoms with Crippen LogP contribution in [-0.4, -0.2) is 20.0 Å². The zero-order chi connectivity index (χ0) is 8.32. The van der Waals surface area contributed by atoms with Gasteiger partial charge in [-0.1, -0.05) is 0 Å². The largest absolute Gasteiger partial charge is 0.330 e. The van der Waals surface area contributed by atoms with Gasteiger partial charge in [0.05, 0.1) is 0 Å². The molecule has 0 spiro atoms. The Morgan fingerprint density at radius 1 is 1.45 bits per heavy atom. The van der Waals surface area contributed by atoms with E-state index in [9.17, 15) is 4.57 Å². The van der Waals surface area contributed by atoms with E-state index in [-0.39, 0.29) is 0 Å². The molecule has 10 heteroatoms. The van der Waals surface area contributed by atoms with Crippen LogP contribution >= 0.6 is 28.8 Å². The Morgan fingerprint density at radius 3 is 2.45 bits per heavy atom. The van der Waals surface area contributed by atoms with E-state index in [0.717, 1.165) is 4.45 Å². The summed E-state index contributed by atoms with van der Waals surface area (Å²) in [5.74, 6) is 0. The van der Waals surface area contributed by atoms with Gasteiger partial charge in [0.25, 0.3) is 0 Å². The maximum absolute atomic E-state index is 11.5. The summed E-state index contributed by atoms with van der Waals surface area (Å²) < 4.78 is 12.6. The molecule has 0 aliphatic heterocycles. The molecular formula is CH5N6OPS2. The van der Waals surface area contributed by atoms with Gasteiger partial charge in [0.15, 0.2) is 0 Å². The highest BCUT2D eigenvalue weighted by molar-refractivity contribution is 8.89. The van der Waals surface area contributed by atoms with Crippen molar-refractivity contribution in [2.24, 2.45) is 10.3 Å². The first-order valence-corrected chi connectivity index (χ1v) is 6.96. The number of nitrogens with two attached hydrogens (primary N) is 2. The van der Waals surface area contributed by atoms with Crippen LogP contribution in [0.5, 0.6) is 0 Å². The van der Waals surface area contributed by atoms with Gasteiger partial charge in [0.2, 0.25) is 0 Å². The Morgan fingerprint density at radius 2 is 2.09 bits per heavy atom. The van der Waals surface area contributed by atoms with Gasteiger partial charge in [0, 0.05) is 23.1 Å². The number of hydrogen-bond donors (Lipinski definition) is 2. The fourth-order valence-corrected chi connectivity index (χ4v) is 2.56. The molecule has 1 heterocycles. The summed E-state index contributed by atoms with van der Waals surface area (Å²) in [4.78, 5) is 0. The third-order valence-electron chi connectivity index (χ3n) is 0.856. The summed E-state index contributed by atoms with van der Waals surface area (Å²) in [6.07, 6.45) is 1.21. The van der Waals surface area contributed by atoms with E-state index in [1.165, 1.54) is 6.33 Å². The van der Waals surface area contributed by atoms with Gasteiger partial charge in [-0.25, -0.2) is 0 Å². The van der Waals surface area contributed by atoms with Gasteiger partial charge < -0.3 is 0 Å². The molecule has 0 aliphatic carbocycles. The molecule has 62 valence electrons. The Kier molecular flexibility index (Phi) is 2.90. The summed E-state index contributed by atoms with van der Waals surface area (Å²) in [5.41, 5.74) is -2.92. The van der Waals surface area contributed by atoms with E-state index >= 15 is 0 Å². The molecule has 0 amide bonds. The third kappa shape index (κ3) is 1.74. The molecule has 0 fully saturated rings. The van der Waals surface area contributed by atoms with Gasteiger partial charge in [-0.2, -0.15) is 4.45 Å². The van der Waals surface area contributed by atoms with Crippen LogP contribution in [0.4, 0.5) is 0 Å². The number of aromatic nitrogens is 4. The second-order valence-corrected chi connectivity index (χ2v) is 8.11. The van der Waals surface area contributed by atoms with Gasteiger partial charge in [-0.05, 0) is 10.4 Å². The molecule has 7 nitrogen and oxygen atoms in total. The molecule has 0 saturated carbocycles. The van der Waals surface area contributed by atoms with Crippen LogP contribution in [-0.2, 0) is 4.57 Å². The lowest BCUT2D eigenvalue weighted by Crippen LogP contribution is -1.96. The smallest absolute Gasteiger partial charge is 0.271 e. The summed E-state index contributed by atoms with van der Waals surface area (Å²) in [6.45, 7) is 0. The zero-order valence-electron chi connectivity index (χ0n) is 5.19. The fourth-order valence-electron chi connectivity index (χ4n) is 0.390. The van der Waals surface area contributed by atoms with Crippen molar-refractivity contribution in [1.82, 2.24) is 20.0 Å². The standard InChI is InChI=1S/CH5N6OPS2/c2-10-9(8,11-3)7-1-4-5-6-7/h1H,2-3H2. The van der Waals surface area contributed by atoms with E-state index < -0.39 is 5.70 Å². The fraction of sp³-hybridized carbons (Fsp3) is 0. The van der Waals surface area contributed by atoms with Crippen LogP contribution < -0.4 is 10.3 Å². The van der Waals surface area contributed by atoms with E-state index in [2.05, 4.69) is 15.5 Å². The molecule has 0 atom stereocenters. The molecule has 1 rings (SSSR count). The molecule has 0 radical (unpaired) electrons. The molecule has 0 aromatic carbocycles. The lowest BCUT2D eigenvalue weighted by atomic mass is 11.4. The minimum Gasteiger partial charge on any atom is -0.271 e. The van der Waals surface area contributed by atoms with E-state index in [1.54, 1.807) is 0 Å². The van der Waals surface area contributed by atoms with Crippen molar-refractivity contribution in [1.29, 1.82) is 0 Å². The highest BCUT2D eigenvalue weighted by atomic mass is 33.1. The molecule has 0 aliphatic rings. The predicted molar refractivity (Wildman–Crippen MR) is 44.4 cm³/mol. The monoisotopic (exact) mass is 212 g/mol. The third-order valence-corrected chi connectivity index (χ3v) is 6.23. The first-order chi connectivity index (χ1) is 5.23. The summed E-state index contributed by atoms with van der Waals surface area (Å²) >= 11 is 1.29. The highest BCUT2D eigenvalue weighted by Crippen LogP contribution is 2.63.